The average Bonchev–Trinajstić information content (AvgIpc) is 3.34. The van der Waals surface area contributed by atoms with Gasteiger partial charge < -0.3 is 20.7 Å². The number of hydrogen-bond acceptors (Lipinski definition) is 5. The minimum atomic E-state index is -0.0977. The molecule has 1 atom stereocenters. The molecule has 0 unspecified atom stereocenters. The Morgan fingerprint density at radius 3 is 2.81 bits per heavy atom. The highest BCUT2D eigenvalue weighted by atomic mass is 16.5. The van der Waals surface area contributed by atoms with Crippen LogP contribution in [0.15, 0.2) is 30.5 Å². The molecule has 144 valence electrons. The molecule has 4 rings (SSSR count). The molecular formula is C20H27N5O2. The highest BCUT2D eigenvalue weighted by molar-refractivity contribution is 5.82. The lowest BCUT2D eigenvalue weighted by atomic mass is 9.77. The summed E-state index contributed by atoms with van der Waals surface area (Å²) >= 11 is 0. The Hall–Kier alpha value is -2.38. The molecule has 2 aliphatic heterocycles. The molecule has 0 aliphatic carbocycles. The van der Waals surface area contributed by atoms with Crippen molar-refractivity contribution in [3.63, 3.8) is 0 Å². The minimum absolute atomic E-state index is 0.0762. The number of amides is 1. The van der Waals surface area contributed by atoms with Crippen LogP contribution >= 0.6 is 0 Å². The monoisotopic (exact) mass is 369 g/mol. The topological polar surface area (TPSA) is 91.1 Å². The Morgan fingerprint density at radius 2 is 2.07 bits per heavy atom. The maximum Gasteiger partial charge on any atom is 0.237 e. The van der Waals surface area contributed by atoms with Gasteiger partial charge in [-0.2, -0.15) is 5.10 Å². The van der Waals surface area contributed by atoms with Crippen molar-refractivity contribution in [1.82, 2.24) is 26.1 Å². The van der Waals surface area contributed by atoms with Crippen molar-refractivity contribution >= 4 is 5.91 Å². The summed E-state index contributed by atoms with van der Waals surface area (Å²) in [7, 11) is 1.65. The van der Waals surface area contributed by atoms with E-state index >= 15 is 0 Å². The Bertz CT molecular complexity index is 780. The Labute approximate surface area is 159 Å². The van der Waals surface area contributed by atoms with E-state index in [1.54, 1.807) is 13.3 Å². The first-order chi connectivity index (χ1) is 13.2. The number of ether oxygens (including phenoxy) is 1. The molecule has 0 saturated carbocycles. The van der Waals surface area contributed by atoms with Gasteiger partial charge in [0.15, 0.2) is 0 Å². The molecule has 7 nitrogen and oxygen atoms in total. The normalized spacial score (nSPS) is 21.3. The number of aromatic amines is 1. The second-order valence-electron chi connectivity index (χ2n) is 7.60. The van der Waals surface area contributed by atoms with E-state index < -0.39 is 0 Å². The number of hydrogen-bond donors (Lipinski definition) is 4. The maximum atomic E-state index is 12.7. The third-order valence-corrected chi connectivity index (χ3v) is 5.89. The summed E-state index contributed by atoms with van der Waals surface area (Å²) in [5.74, 6) is 0.888. The van der Waals surface area contributed by atoms with Crippen LogP contribution in [0.2, 0.25) is 0 Å². The van der Waals surface area contributed by atoms with E-state index in [0.29, 0.717) is 6.54 Å². The summed E-state index contributed by atoms with van der Waals surface area (Å²) < 4.78 is 5.21. The number of aromatic nitrogens is 2. The fraction of sp³-hybridized carbons (Fsp3) is 0.500. The van der Waals surface area contributed by atoms with Crippen molar-refractivity contribution in [3.8, 4) is 17.0 Å². The predicted octanol–water partition coefficient (Wildman–Crippen LogP) is 1.43. The van der Waals surface area contributed by atoms with Crippen molar-refractivity contribution in [2.75, 3.05) is 26.7 Å². The van der Waals surface area contributed by atoms with Gasteiger partial charge in [0, 0.05) is 24.2 Å². The first-order valence-electron chi connectivity index (χ1n) is 9.58. The Kier molecular flexibility index (Phi) is 5.13. The van der Waals surface area contributed by atoms with E-state index in [2.05, 4.69) is 26.1 Å². The summed E-state index contributed by atoms with van der Waals surface area (Å²) in [6, 6.07) is 7.70. The minimum Gasteiger partial charge on any atom is -0.497 e. The van der Waals surface area contributed by atoms with E-state index in [1.807, 2.05) is 24.3 Å². The van der Waals surface area contributed by atoms with Crippen LogP contribution in [-0.2, 0) is 11.3 Å². The van der Waals surface area contributed by atoms with Crippen LogP contribution in [0.4, 0.5) is 0 Å². The van der Waals surface area contributed by atoms with Gasteiger partial charge in [0.2, 0.25) is 5.91 Å². The molecule has 7 heteroatoms. The second-order valence-corrected chi connectivity index (χ2v) is 7.60. The van der Waals surface area contributed by atoms with E-state index in [-0.39, 0.29) is 17.4 Å². The van der Waals surface area contributed by atoms with Gasteiger partial charge in [-0.1, -0.05) is 0 Å². The zero-order valence-corrected chi connectivity index (χ0v) is 15.7. The van der Waals surface area contributed by atoms with E-state index in [1.165, 1.54) is 0 Å². The van der Waals surface area contributed by atoms with Crippen LogP contribution in [0.25, 0.3) is 11.3 Å². The summed E-state index contributed by atoms with van der Waals surface area (Å²) in [5.41, 5.74) is 3.21. The fourth-order valence-corrected chi connectivity index (χ4v) is 4.20. The van der Waals surface area contributed by atoms with Gasteiger partial charge in [-0.15, -0.1) is 0 Å². The number of piperidine rings is 1. The third-order valence-electron chi connectivity index (χ3n) is 5.89. The number of H-pyrrole nitrogens is 1. The lowest BCUT2D eigenvalue weighted by molar-refractivity contribution is -0.123. The molecule has 4 N–H and O–H groups in total. The lowest BCUT2D eigenvalue weighted by Gasteiger charge is -2.33. The van der Waals surface area contributed by atoms with Gasteiger partial charge in [-0.25, -0.2) is 0 Å². The SMILES string of the molecule is COc1ccc(-c2[nH]ncc2CNC(=O)[C@@H]2CC3(CCNCC3)CN2)cc1. The van der Waals surface area contributed by atoms with Crippen LogP contribution in [0.5, 0.6) is 5.75 Å². The lowest BCUT2D eigenvalue weighted by Crippen LogP contribution is -2.40. The summed E-state index contributed by atoms with van der Waals surface area (Å²) in [5, 5.41) is 17.1. The summed E-state index contributed by atoms with van der Waals surface area (Å²) in [6.45, 7) is 3.51. The molecule has 1 aromatic carbocycles. The molecule has 2 aliphatic rings. The van der Waals surface area contributed by atoms with Gasteiger partial charge in [-0.3, -0.25) is 9.89 Å². The van der Waals surface area contributed by atoms with Crippen molar-refractivity contribution in [2.24, 2.45) is 5.41 Å². The zero-order chi connectivity index (χ0) is 18.7. The molecule has 0 radical (unpaired) electrons. The van der Waals surface area contributed by atoms with Gasteiger partial charge >= 0.3 is 0 Å². The van der Waals surface area contributed by atoms with Gasteiger partial charge in [0.05, 0.1) is 25.0 Å². The standard InChI is InChI=1S/C20H27N5O2/c1-27-16-4-2-14(3-5-16)18-15(12-24-25-18)11-22-19(26)17-10-20(13-23-17)6-8-21-9-7-20/h2-5,12,17,21,23H,6-11,13H2,1H3,(H,22,26)(H,24,25)/t17-/m0/s1. The number of benzene rings is 1. The zero-order valence-electron chi connectivity index (χ0n) is 15.7. The van der Waals surface area contributed by atoms with E-state index in [9.17, 15) is 4.79 Å². The van der Waals surface area contributed by atoms with Gasteiger partial charge in [-0.05, 0) is 62.0 Å². The van der Waals surface area contributed by atoms with Crippen LogP contribution < -0.4 is 20.7 Å². The molecular weight excluding hydrogens is 342 g/mol. The number of nitrogens with one attached hydrogen (secondary N) is 4. The van der Waals surface area contributed by atoms with E-state index in [4.69, 9.17) is 4.74 Å². The molecule has 2 aromatic rings. The molecule has 0 bridgehead atoms. The van der Waals surface area contributed by atoms with Crippen LogP contribution in [0.1, 0.15) is 24.8 Å². The van der Waals surface area contributed by atoms with Crippen molar-refractivity contribution in [2.45, 2.75) is 31.8 Å². The molecule has 27 heavy (non-hydrogen) atoms. The first-order valence-corrected chi connectivity index (χ1v) is 9.58. The largest absolute Gasteiger partial charge is 0.497 e. The predicted molar refractivity (Wildman–Crippen MR) is 103 cm³/mol. The summed E-state index contributed by atoms with van der Waals surface area (Å²) in [6.07, 6.45) is 4.99. The van der Waals surface area contributed by atoms with Crippen molar-refractivity contribution in [1.29, 1.82) is 0 Å². The molecule has 1 aromatic heterocycles. The molecule has 1 spiro atoms. The molecule has 1 amide bonds. The number of carbonyl (C=O) groups excluding carboxylic acids is 1. The fourth-order valence-electron chi connectivity index (χ4n) is 4.20. The first kappa shape index (κ1) is 18.0. The van der Waals surface area contributed by atoms with Crippen molar-refractivity contribution < 1.29 is 9.53 Å². The quantitative estimate of drug-likeness (QED) is 0.640. The Morgan fingerprint density at radius 1 is 1.30 bits per heavy atom. The maximum absolute atomic E-state index is 12.7. The average molecular weight is 369 g/mol. The van der Waals surface area contributed by atoms with Crippen LogP contribution in [0.3, 0.4) is 0 Å². The van der Waals surface area contributed by atoms with Crippen LogP contribution in [-0.4, -0.2) is 48.9 Å². The van der Waals surface area contributed by atoms with Crippen LogP contribution in [0, 0.1) is 5.41 Å². The number of methoxy groups -OCH3 is 1. The second kappa shape index (κ2) is 7.70. The van der Waals surface area contributed by atoms with Gasteiger partial charge in [0.25, 0.3) is 0 Å². The van der Waals surface area contributed by atoms with Gasteiger partial charge in [0.1, 0.15) is 5.75 Å². The molecule has 2 saturated heterocycles. The number of rotatable bonds is 5. The van der Waals surface area contributed by atoms with Crippen molar-refractivity contribution in [3.05, 3.63) is 36.0 Å². The smallest absolute Gasteiger partial charge is 0.237 e. The molecule has 3 heterocycles. The highest BCUT2D eigenvalue weighted by Crippen LogP contribution is 2.37. The Balaban J connectivity index is 1.36. The number of nitrogens with zero attached hydrogens (tertiary/aromatic N) is 1. The molecule has 2 fully saturated rings. The summed E-state index contributed by atoms with van der Waals surface area (Å²) in [4.78, 5) is 12.7. The van der Waals surface area contributed by atoms with E-state index in [0.717, 1.165) is 61.5 Å². The third kappa shape index (κ3) is 3.84. The highest BCUT2D eigenvalue weighted by Gasteiger charge is 2.42. The number of carbonyl (C=O) groups is 1.